The van der Waals surface area contributed by atoms with Gasteiger partial charge >= 0.3 is 6.18 Å². The molecule has 0 amide bonds. The van der Waals surface area contributed by atoms with Crippen LogP contribution >= 0.6 is 11.6 Å². The second kappa shape index (κ2) is 4.33. The fourth-order valence-electron chi connectivity index (χ4n) is 1.25. The Bertz CT molecular complexity index is 540. The molecule has 0 aliphatic heterocycles. The molecule has 0 fully saturated rings. The summed E-state index contributed by atoms with van der Waals surface area (Å²) in [6.07, 6.45) is -3.62. The van der Waals surface area contributed by atoms with E-state index in [1.807, 2.05) is 0 Å². The Balaban J connectivity index is 2.47. The number of halogens is 4. The van der Waals surface area contributed by atoms with Crippen LogP contribution in [0.15, 0.2) is 30.6 Å². The number of alkyl halides is 3. The Hall–Kier alpha value is -1.62. The van der Waals surface area contributed by atoms with E-state index in [0.29, 0.717) is 10.6 Å². The molecule has 0 aliphatic rings. The zero-order valence-electron chi connectivity index (χ0n) is 8.29. The molecule has 6 heteroatoms. The highest BCUT2D eigenvalue weighted by Gasteiger charge is 2.32. The van der Waals surface area contributed by atoms with E-state index < -0.39 is 11.9 Å². The molecule has 0 aliphatic carbocycles. The van der Waals surface area contributed by atoms with Gasteiger partial charge < -0.3 is 0 Å². The van der Waals surface area contributed by atoms with Gasteiger partial charge in [0.05, 0.1) is 5.69 Å². The number of aromatic nitrogens is 2. The molecule has 17 heavy (non-hydrogen) atoms. The summed E-state index contributed by atoms with van der Waals surface area (Å²) in [5.74, 6) is 0. The number of hydrogen-bond donors (Lipinski definition) is 0. The van der Waals surface area contributed by atoms with E-state index in [0.717, 1.165) is 12.4 Å². The number of hydrogen-bond acceptors (Lipinski definition) is 2. The van der Waals surface area contributed by atoms with Crippen molar-refractivity contribution in [2.75, 3.05) is 0 Å². The van der Waals surface area contributed by atoms with Crippen LogP contribution in [0.2, 0.25) is 5.02 Å². The Morgan fingerprint density at radius 2 is 1.94 bits per heavy atom. The maximum Gasteiger partial charge on any atom is 0.433 e. The Kier molecular flexibility index (Phi) is 3.02. The highest BCUT2D eigenvalue weighted by atomic mass is 35.5. The van der Waals surface area contributed by atoms with E-state index in [9.17, 15) is 13.2 Å². The summed E-state index contributed by atoms with van der Waals surface area (Å²) in [7, 11) is 0. The second-order valence-electron chi connectivity index (χ2n) is 3.21. The van der Waals surface area contributed by atoms with Crippen LogP contribution in [0.1, 0.15) is 5.69 Å². The van der Waals surface area contributed by atoms with Gasteiger partial charge in [-0.1, -0.05) is 17.7 Å². The zero-order valence-corrected chi connectivity index (χ0v) is 9.05. The SMILES string of the molecule is FC(F)(F)c1cc(-c2[c]ccc(Cl)c2)ncn1. The van der Waals surface area contributed by atoms with Crippen LogP contribution in [0.5, 0.6) is 0 Å². The topological polar surface area (TPSA) is 25.8 Å². The van der Waals surface area contributed by atoms with Crippen molar-refractivity contribution in [3.8, 4) is 11.3 Å². The minimum absolute atomic E-state index is 0.134. The molecule has 1 aromatic carbocycles. The van der Waals surface area contributed by atoms with Crippen LogP contribution < -0.4 is 0 Å². The summed E-state index contributed by atoms with van der Waals surface area (Å²) >= 11 is 5.74. The molecule has 0 N–H and O–H groups in total. The van der Waals surface area contributed by atoms with Crippen LogP contribution in [0.25, 0.3) is 11.3 Å². The number of benzene rings is 1. The average molecular weight is 258 g/mol. The van der Waals surface area contributed by atoms with Gasteiger partial charge in [-0.25, -0.2) is 9.97 Å². The lowest BCUT2D eigenvalue weighted by atomic mass is 10.1. The lowest BCUT2D eigenvalue weighted by Gasteiger charge is -2.06. The normalized spacial score (nSPS) is 11.5. The minimum Gasteiger partial charge on any atom is -0.236 e. The molecule has 2 rings (SSSR count). The third-order valence-corrected chi connectivity index (χ3v) is 2.23. The molecule has 2 aromatic rings. The summed E-state index contributed by atoms with van der Waals surface area (Å²) in [4.78, 5) is 6.94. The van der Waals surface area contributed by atoms with Crippen LogP contribution in [0.4, 0.5) is 13.2 Å². The summed E-state index contributed by atoms with van der Waals surface area (Å²) in [6.45, 7) is 0. The second-order valence-corrected chi connectivity index (χ2v) is 3.64. The average Bonchev–Trinajstić information content (AvgIpc) is 2.28. The molecule has 0 atom stereocenters. The summed E-state index contributed by atoms with van der Waals surface area (Å²) < 4.78 is 37.3. The molecular weight excluding hydrogens is 253 g/mol. The molecule has 2 nitrogen and oxygen atoms in total. The van der Waals surface area contributed by atoms with Crippen LogP contribution in [-0.2, 0) is 6.18 Å². The van der Waals surface area contributed by atoms with Gasteiger partial charge in [0, 0.05) is 10.6 Å². The van der Waals surface area contributed by atoms with Crippen LogP contribution in [0.3, 0.4) is 0 Å². The monoisotopic (exact) mass is 257 g/mol. The Morgan fingerprint density at radius 1 is 1.18 bits per heavy atom. The summed E-state index contributed by atoms with van der Waals surface area (Å²) in [5, 5.41) is 0.408. The van der Waals surface area contributed by atoms with Gasteiger partial charge in [-0.15, -0.1) is 0 Å². The fourth-order valence-corrected chi connectivity index (χ4v) is 1.42. The van der Waals surface area contributed by atoms with E-state index in [1.54, 1.807) is 6.07 Å². The highest BCUT2D eigenvalue weighted by molar-refractivity contribution is 6.30. The number of nitrogens with zero attached hydrogens (tertiary/aromatic N) is 2. The van der Waals surface area contributed by atoms with E-state index in [2.05, 4.69) is 16.0 Å². The molecule has 0 saturated heterocycles. The third kappa shape index (κ3) is 2.74. The van der Waals surface area contributed by atoms with Crippen LogP contribution in [0, 0.1) is 6.07 Å². The van der Waals surface area contributed by atoms with Crippen molar-refractivity contribution >= 4 is 11.6 Å². The predicted octanol–water partition coefficient (Wildman–Crippen LogP) is 3.62. The molecule has 1 heterocycles. The first kappa shape index (κ1) is 11.9. The fraction of sp³-hybridized carbons (Fsp3) is 0.0909. The smallest absolute Gasteiger partial charge is 0.236 e. The van der Waals surface area contributed by atoms with Crippen molar-refractivity contribution in [3.63, 3.8) is 0 Å². The van der Waals surface area contributed by atoms with E-state index in [1.165, 1.54) is 12.1 Å². The van der Waals surface area contributed by atoms with Gasteiger partial charge in [-0.05, 0) is 24.3 Å². The largest absolute Gasteiger partial charge is 0.433 e. The van der Waals surface area contributed by atoms with E-state index in [4.69, 9.17) is 11.6 Å². The molecular formula is C11H5ClF3N2. The van der Waals surface area contributed by atoms with Crippen molar-refractivity contribution in [2.45, 2.75) is 6.18 Å². The summed E-state index contributed by atoms with van der Waals surface area (Å²) in [5.41, 5.74) is -0.462. The lowest BCUT2D eigenvalue weighted by molar-refractivity contribution is -0.141. The first-order chi connectivity index (χ1) is 7.97. The van der Waals surface area contributed by atoms with Gasteiger partial charge in [-0.3, -0.25) is 0 Å². The van der Waals surface area contributed by atoms with Gasteiger partial charge in [-0.2, -0.15) is 13.2 Å². The standard InChI is InChI=1S/C11H5ClF3N2/c12-8-3-1-2-7(4-8)9-5-10(11(13,14)15)17-6-16-9/h1,3-6H. The van der Waals surface area contributed by atoms with Crippen LogP contribution in [-0.4, -0.2) is 9.97 Å². The van der Waals surface area contributed by atoms with Crippen molar-refractivity contribution in [2.24, 2.45) is 0 Å². The van der Waals surface area contributed by atoms with E-state index >= 15 is 0 Å². The molecule has 87 valence electrons. The van der Waals surface area contributed by atoms with Crippen molar-refractivity contribution in [3.05, 3.63) is 47.4 Å². The molecule has 0 bridgehead atoms. The summed E-state index contributed by atoms with van der Waals surface area (Å²) in [6, 6.07) is 8.22. The zero-order chi connectivity index (χ0) is 12.5. The van der Waals surface area contributed by atoms with E-state index in [-0.39, 0.29) is 5.69 Å². The molecule has 0 spiro atoms. The predicted molar refractivity (Wildman–Crippen MR) is 56.3 cm³/mol. The Morgan fingerprint density at radius 3 is 2.59 bits per heavy atom. The number of rotatable bonds is 1. The maximum absolute atomic E-state index is 12.4. The third-order valence-electron chi connectivity index (χ3n) is 2.00. The van der Waals surface area contributed by atoms with Crippen molar-refractivity contribution in [1.82, 2.24) is 9.97 Å². The Labute approximate surface area is 100 Å². The van der Waals surface area contributed by atoms with Crippen molar-refractivity contribution < 1.29 is 13.2 Å². The first-order valence-corrected chi connectivity index (χ1v) is 4.91. The molecule has 0 saturated carbocycles. The van der Waals surface area contributed by atoms with Gasteiger partial charge in [0.25, 0.3) is 0 Å². The highest BCUT2D eigenvalue weighted by Crippen LogP contribution is 2.29. The van der Waals surface area contributed by atoms with Gasteiger partial charge in [0.2, 0.25) is 0 Å². The molecule has 1 radical (unpaired) electrons. The molecule has 0 unspecified atom stereocenters. The van der Waals surface area contributed by atoms with Crippen molar-refractivity contribution in [1.29, 1.82) is 0 Å². The minimum atomic E-state index is -4.49. The van der Waals surface area contributed by atoms with Gasteiger partial charge in [0.15, 0.2) is 0 Å². The lowest BCUT2D eigenvalue weighted by Crippen LogP contribution is -2.08. The maximum atomic E-state index is 12.4. The van der Waals surface area contributed by atoms with Gasteiger partial charge in [0.1, 0.15) is 12.0 Å². The quantitative estimate of drug-likeness (QED) is 0.780. The molecule has 1 aromatic heterocycles. The first-order valence-electron chi connectivity index (χ1n) is 4.53.